The number of ether oxygens (including phenoxy) is 1. The molecule has 1 rings (SSSR count). The smallest absolute Gasteiger partial charge is 0.0613 e. The van der Waals surface area contributed by atoms with E-state index in [1.165, 1.54) is 25.9 Å². The number of likely N-dealkylation sites (tertiary alicyclic amines) is 1. The summed E-state index contributed by atoms with van der Waals surface area (Å²) in [7, 11) is 3.97. The molecule has 0 amide bonds. The lowest BCUT2D eigenvalue weighted by atomic mass is 9.98. The molecule has 1 aliphatic rings. The molecule has 1 N–H and O–H groups in total. The molecule has 0 bridgehead atoms. The van der Waals surface area contributed by atoms with Crippen LogP contribution in [0.2, 0.25) is 0 Å². The van der Waals surface area contributed by atoms with Crippen LogP contribution in [0, 0.1) is 5.92 Å². The maximum atomic E-state index is 5.09. The van der Waals surface area contributed by atoms with Gasteiger partial charge >= 0.3 is 0 Å². The maximum Gasteiger partial charge on any atom is 0.0613 e. The van der Waals surface area contributed by atoms with Crippen molar-refractivity contribution in [2.75, 3.05) is 40.4 Å². The third-order valence-electron chi connectivity index (χ3n) is 2.89. The Hall–Kier alpha value is -0.120. The van der Waals surface area contributed by atoms with Crippen LogP contribution in [-0.4, -0.2) is 51.3 Å². The molecule has 0 aromatic carbocycles. The number of methoxy groups -OCH3 is 1. The second-order valence-electron chi connectivity index (χ2n) is 4.54. The van der Waals surface area contributed by atoms with Gasteiger partial charge in [-0.3, -0.25) is 0 Å². The van der Waals surface area contributed by atoms with Gasteiger partial charge in [0.15, 0.2) is 0 Å². The first kappa shape index (κ1) is 12.0. The summed E-state index contributed by atoms with van der Waals surface area (Å²) in [6.45, 7) is 6.63. The van der Waals surface area contributed by atoms with Gasteiger partial charge in [0, 0.05) is 19.7 Å². The van der Waals surface area contributed by atoms with Crippen LogP contribution in [0.3, 0.4) is 0 Å². The van der Waals surface area contributed by atoms with E-state index in [9.17, 15) is 0 Å². The van der Waals surface area contributed by atoms with E-state index in [4.69, 9.17) is 4.74 Å². The van der Waals surface area contributed by atoms with Gasteiger partial charge in [-0.25, -0.2) is 0 Å². The van der Waals surface area contributed by atoms with E-state index < -0.39 is 0 Å². The molecule has 84 valence electrons. The summed E-state index contributed by atoms with van der Waals surface area (Å²) in [5, 5.41) is 3.52. The minimum absolute atomic E-state index is 0.479. The van der Waals surface area contributed by atoms with Gasteiger partial charge in [-0.1, -0.05) is 0 Å². The van der Waals surface area contributed by atoms with E-state index in [2.05, 4.69) is 24.2 Å². The molecule has 0 spiro atoms. The summed E-state index contributed by atoms with van der Waals surface area (Å²) in [4.78, 5) is 2.43. The molecular weight excluding hydrogens is 176 g/mol. The van der Waals surface area contributed by atoms with Gasteiger partial charge in [-0.2, -0.15) is 0 Å². The highest BCUT2D eigenvalue weighted by Gasteiger charge is 2.17. The van der Waals surface area contributed by atoms with Crippen molar-refractivity contribution in [3.05, 3.63) is 0 Å². The van der Waals surface area contributed by atoms with Crippen molar-refractivity contribution >= 4 is 0 Å². The summed E-state index contributed by atoms with van der Waals surface area (Å²) in [6, 6.07) is 0.479. The molecule has 0 saturated carbocycles. The highest BCUT2D eigenvalue weighted by molar-refractivity contribution is 4.73. The molecule has 1 saturated heterocycles. The number of hydrogen-bond acceptors (Lipinski definition) is 3. The molecule has 3 nitrogen and oxygen atoms in total. The van der Waals surface area contributed by atoms with E-state index in [1.54, 1.807) is 7.11 Å². The van der Waals surface area contributed by atoms with E-state index in [0.717, 1.165) is 19.1 Å². The van der Waals surface area contributed by atoms with Gasteiger partial charge in [0.05, 0.1) is 6.61 Å². The molecule has 14 heavy (non-hydrogen) atoms. The van der Waals surface area contributed by atoms with Crippen LogP contribution in [0.5, 0.6) is 0 Å². The number of nitrogens with one attached hydrogen (secondary N) is 1. The lowest BCUT2D eigenvalue weighted by Gasteiger charge is -2.30. The monoisotopic (exact) mass is 200 g/mol. The van der Waals surface area contributed by atoms with Crippen molar-refractivity contribution in [2.45, 2.75) is 25.8 Å². The van der Waals surface area contributed by atoms with Crippen molar-refractivity contribution in [3.8, 4) is 0 Å². The number of hydrogen-bond donors (Lipinski definition) is 1. The molecule has 0 aromatic rings. The highest BCUT2D eigenvalue weighted by Crippen LogP contribution is 2.13. The molecule has 0 radical (unpaired) electrons. The Morgan fingerprint density at radius 2 is 2.36 bits per heavy atom. The normalized spacial score (nSPS) is 26.4. The van der Waals surface area contributed by atoms with E-state index in [-0.39, 0.29) is 0 Å². The summed E-state index contributed by atoms with van der Waals surface area (Å²) >= 11 is 0. The van der Waals surface area contributed by atoms with Crippen LogP contribution in [0.1, 0.15) is 19.8 Å². The first-order valence-corrected chi connectivity index (χ1v) is 5.63. The molecule has 2 unspecified atom stereocenters. The molecule has 1 aliphatic heterocycles. The number of piperidine rings is 1. The standard InChI is InChI=1S/C11H24N2O/c1-10(9-14-3)12-7-11-5-4-6-13(2)8-11/h10-12H,4-9H2,1-3H3. The third kappa shape index (κ3) is 4.40. The summed E-state index contributed by atoms with van der Waals surface area (Å²) in [5.41, 5.74) is 0. The first-order valence-electron chi connectivity index (χ1n) is 5.63. The van der Waals surface area contributed by atoms with Gasteiger partial charge in [0.2, 0.25) is 0 Å². The highest BCUT2D eigenvalue weighted by atomic mass is 16.5. The van der Waals surface area contributed by atoms with Crippen LogP contribution in [0.15, 0.2) is 0 Å². The lowest BCUT2D eigenvalue weighted by molar-refractivity contribution is 0.160. The molecule has 0 aliphatic carbocycles. The van der Waals surface area contributed by atoms with Crippen molar-refractivity contribution in [1.82, 2.24) is 10.2 Å². The van der Waals surface area contributed by atoms with Gasteiger partial charge in [0.25, 0.3) is 0 Å². The Balaban J connectivity index is 2.10. The average molecular weight is 200 g/mol. The number of rotatable bonds is 5. The molecule has 1 fully saturated rings. The third-order valence-corrected chi connectivity index (χ3v) is 2.89. The Morgan fingerprint density at radius 1 is 1.57 bits per heavy atom. The minimum atomic E-state index is 0.479. The summed E-state index contributed by atoms with van der Waals surface area (Å²) in [6.07, 6.45) is 2.72. The van der Waals surface area contributed by atoms with Crippen LogP contribution in [0.4, 0.5) is 0 Å². The van der Waals surface area contributed by atoms with Gasteiger partial charge in [-0.15, -0.1) is 0 Å². The first-order chi connectivity index (χ1) is 6.72. The van der Waals surface area contributed by atoms with Gasteiger partial charge < -0.3 is 15.0 Å². The largest absolute Gasteiger partial charge is 0.383 e. The zero-order valence-corrected chi connectivity index (χ0v) is 9.75. The molecule has 1 heterocycles. The Kier molecular flexibility index (Phi) is 5.45. The zero-order chi connectivity index (χ0) is 10.4. The molecule has 0 aromatic heterocycles. The minimum Gasteiger partial charge on any atom is -0.383 e. The predicted octanol–water partition coefficient (Wildman–Crippen LogP) is 0.953. The van der Waals surface area contributed by atoms with Crippen LogP contribution >= 0.6 is 0 Å². The summed E-state index contributed by atoms with van der Waals surface area (Å²) < 4.78 is 5.09. The second kappa shape index (κ2) is 6.38. The summed E-state index contributed by atoms with van der Waals surface area (Å²) in [5.74, 6) is 0.827. The van der Waals surface area contributed by atoms with Crippen LogP contribution in [-0.2, 0) is 4.74 Å². The maximum absolute atomic E-state index is 5.09. The van der Waals surface area contributed by atoms with Crippen molar-refractivity contribution in [3.63, 3.8) is 0 Å². The zero-order valence-electron chi connectivity index (χ0n) is 9.75. The van der Waals surface area contributed by atoms with Crippen molar-refractivity contribution in [2.24, 2.45) is 5.92 Å². The second-order valence-corrected chi connectivity index (χ2v) is 4.54. The van der Waals surface area contributed by atoms with Crippen LogP contribution < -0.4 is 5.32 Å². The van der Waals surface area contributed by atoms with Gasteiger partial charge in [-0.05, 0) is 45.8 Å². The SMILES string of the molecule is COCC(C)NCC1CCCN(C)C1. The fourth-order valence-electron chi connectivity index (χ4n) is 2.12. The Labute approximate surface area is 87.8 Å². The Morgan fingerprint density at radius 3 is 3.00 bits per heavy atom. The number of nitrogens with zero attached hydrogens (tertiary/aromatic N) is 1. The average Bonchev–Trinajstić information content (AvgIpc) is 2.15. The van der Waals surface area contributed by atoms with E-state index in [0.29, 0.717) is 6.04 Å². The lowest BCUT2D eigenvalue weighted by Crippen LogP contribution is -2.40. The fourth-order valence-corrected chi connectivity index (χ4v) is 2.12. The molecule has 3 heteroatoms. The van der Waals surface area contributed by atoms with Crippen molar-refractivity contribution < 1.29 is 4.74 Å². The van der Waals surface area contributed by atoms with Gasteiger partial charge in [0.1, 0.15) is 0 Å². The van der Waals surface area contributed by atoms with Crippen molar-refractivity contribution in [1.29, 1.82) is 0 Å². The Bertz CT molecular complexity index is 152. The van der Waals surface area contributed by atoms with E-state index in [1.807, 2.05) is 0 Å². The predicted molar refractivity (Wildman–Crippen MR) is 59.6 cm³/mol. The van der Waals surface area contributed by atoms with Crippen LogP contribution in [0.25, 0.3) is 0 Å². The fraction of sp³-hybridized carbons (Fsp3) is 1.00. The topological polar surface area (TPSA) is 24.5 Å². The van der Waals surface area contributed by atoms with E-state index >= 15 is 0 Å². The molecule has 2 atom stereocenters. The molecular formula is C11H24N2O. The quantitative estimate of drug-likeness (QED) is 0.715.